The Kier molecular flexibility index (Phi) is 5.69. The van der Waals surface area contributed by atoms with Gasteiger partial charge >= 0.3 is 6.18 Å². The second kappa shape index (κ2) is 7.38. The Morgan fingerprint density at radius 1 is 1.25 bits per heavy atom. The van der Waals surface area contributed by atoms with Crippen molar-refractivity contribution < 1.29 is 17.9 Å². The predicted molar refractivity (Wildman–Crippen MR) is 89.6 cm³/mol. The van der Waals surface area contributed by atoms with Gasteiger partial charge in [0.15, 0.2) is 0 Å². The maximum absolute atomic E-state index is 13.1. The van der Waals surface area contributed by atoms with Crippen molar-refractivity contribution in [2.75, 3.05) is 11.9 Å². The fourth-order valence-corrected chi connectivity index (χ4v) is 2.12. The fraction of sp³-hybridized carbons (Fsp3) is 0.375. The van der Waals surface area contributed by atoms with Crippen LogP contribution in [-0.2, 0) is 6.18 Å². The summed E-state index contributed by atoms with van der Waals surface area (Å²) in [4.78, 5) is 9.42. The first-order valence-electron chi connectivity index (χ1n) is 7.32. The molecule has 0 spiro atoms. The van der Waals surface area contributed by atoms with Crippen LogP contribution in [0.15, 0.2) is 34.9 Å². The molecular formula is C16H17BrF3N3O. The van der Waals surface area contributed by atoms with Gasteiger partial charge in [0.05, 0.1) is 6.10 Å². The standard InChI is InChI=1S/C16H17BrF3N3O/c1-4-10(2)24-14-13(16(18,19)20)9-21-15(22-14)23(3)12-7-5-11(17)6-8-12/h5-10H,4H2,1-3H3. The van der Waals surface area contributed by atoms with Crippen LogP contribution in [-0.4, -0.2) is 23.1 Å². The van der Waals surface area contributed by atoms with Crippen LogP contribution in [0.1, 0.15) is 25.8 Å². The van der Waals surface area contributed by atoms with Gasteiger partial charge in [0, 0.05) is 23.4 Å². The third-order valence-electron chi connectivity index (χ3n) is 3.45. The molecule has 0 amide bonds. The molecule has 130 valence electrons. The largest absolute Gasteiger partial charge is 0.474 e. The van der Waals surface area contributed by atoms with Crippen LogP contribution in [0.2, 0.25) is 0 Å². The van der Waals surface area contributed by atoms with Crippen molar-refractivity contribution in [3.8, 4) is 5.88 Å². The van der Waals surface area contributed by atoms with E-state index in [0.29, 0.717) is 6.42 Å². The summed E-state index contributed by atoms with van der Waals surface area (Å²) in [6.45, 7) is 3.52. The minimum absolute atomic E-state index is 0.128. The van der Waals surface area contributed by atoms with Crippen LogP contribution in [0.5, 0.6) is 5.88 Å². The van der Waals surface area contributed by atoms with E-state index in [2.05, 4.69) is 25.9 Å². The van der Waals surface area contributed by atoms with Crippen LogP contribution in [0, 0.1) is 0 Å². The summed E-state index contributed by atoms with van der Waals surface area (Å²) in [6, 6.07) is 7.26. The number of alkyl halides is 3. The van der Waals surface area contributed by atoms with Crippen molar-refractivity contribution >= 4 is 27.6 Å². The van der Waals surface area contributed by atoms with Crippen molar-refractivity contribution in [2.24, 2.45) is 0 Å². The highest BCUT2D eigenvalue weighted by molar-refractivity contribution is 9.10. The Morgan fingerprint density at radius 3 is 2.42 bits per heavy atom. The molecule has 8 heteroatoms. The summed E-state index contributed by atoms with van der Waals surface area (Å²) < 4.78 is 45.6. The fourth-order valence-electron chi connectivity index (χ4n) is 1.86. The zero-order valence-corrected chi connectivity index (χ0v) is 15.0. The van der Waals surface area contributed by atoms with E-state index in [1.54, 1.807) is 31.0 Å². The molecule has 0 aliphatic rings. The van der Waals surface area contributed by atoms with Crippen molar-refractivity contribution in [3.05, 3.63) is 40.5 Å². The van der Waals surface area contributed by atoms with Crippen molar-refractivity contribution in [2.45, 2.75) is 32.5 Å². The molecule has 4 nitrogen and oxygen atoms in total. The minimum Gasteiger partial charge on any atom is -0.474 e. The molecule has 1 aromatic heterocycles. The van der Waals surface area contributed by atoms with Crippen molar-refractivity contribution in [1.29, 1.82) is 0 Å². The molecule has 0 radical (unpaired) electrons. The first-order valence-corrected chi connectivity index (χ1v) is 8.11. The van der Waals surface area contributed by atoms with Gasteiger partial charge < -0.3 is 9.64 Å². The Bertz CT molecular complexity index is 692. The number of nitrogens with zero attached hydrogens (tertiary/aromatic N) is 3. The number of halogens is 4. The average molecular weight is 404 g/mol. The zero-order valence-electron chi connectivity index (χ0n) is 13.4. The number of ether oxygens (including phenoxy) is 1. The normalized spacial score (nSPS) is 12.8. The highest BCUT2D eigenvalue weighted by Crippen LogP contribution is 2.36. The third kappa shape index (κ3) is 4.37. The summed E-state index contributed by atoms with van der Waals surface area (Å²) in [5.41, 5.74) is -0.233. The Balaban J connectivity index is 2.40. The van der Waals surface area contributed by atoms with Crippen molar-refractivity contribution in [3.63, 3.8) is 0 Å². The lowest BCUT2D eigenvalue weighted by molar-refractivity contribution is -0.139. The highest BCUT2D eigenvalue weighted by atomic mass is 79.9. The second-order valence-corrected chi connectivity index (χ2v) is 6.17. The third-order valence-corrected chi connectivity index (χ3v) is 3.98. The van der Waals surface area contributed by atoms with Gasteiger partial charge in [-0.15, -0.1) is 0 Å². The topological polar surface area (TPSA) is 38.2 Å². The summed E-state index contributed by atoms with van der Waals surface area (Å²) in [5.74, 6) is -0.325. The lowest BCUT2D eigenvalue weighted by atomic mass is 10.3. The number of hydrogen-bond donors (Lipinski definition) is 0. The number of rotatable bonds is 5. The average Bonchev–Trinajstić information content (AvgIpc) is 2.53. The molecule has 0 fully saturated rings. The molecule has 0 saturated heterocycles. The van der Waals surface area contributed by atoms with Crippen LogP contribution in [0.3, 0.4) is 0 Å². The number of anilines is 2. The highest BCUT2D eigenvalue weighted by Gasteiger charge is 2.37. The van der Waals surface area contributed by atoms with Gasteiger partial charge in [-0.1, -0.05) is 22.9 Å². The molecule has 1 atom stereocenters. The molecule has 0 bridgehead atoms. The van der Waals surface area contributed by atoms with Gasteiger partial charge in [-0.05, 0) is 37.6 Å². The first-order chi connectivity index (χ1) is 11.2. The van der Waals surface area contributed by atoms with Gasteiger partial charge in [-0.25, -0.2) is 4.98 Å². The van der Waals surface area contributed by atoms with Gasteiger partial charge in [0.1, 0.15) is 5.56 Å². The SMILES string of the molecule is CCC(C)Oc1nc(N(C)c2ccc(Br)cc2)ncc1C(F)(F)F. The quantitative estimate of drug-likeness (QED) is 0.687. The van der Waals surface area contributed by atoms with E-state index in [-0.39, 0.29) is 12.1 Å². The maximum atomic E-state index is 13.1. The zero-order chi connectivity index (χ0) is 17.9. The first kappa shape index (κ1) is 18.5. The number of aromatic nitrogens is 2. The van der Waals surface area contributed by atoms with E-state index < -0.39 is 17.6 Å². The van der Waals surface area contributed by atoms with Crippen LogP contribution < -0.4 is 9.64 Å². The van der Waals surface area contributed by atoms with Gasteiger partial charge in [-0.3, -0.25) is 0 Å². The molecule has 0 N–H and O–H groups in total. The summed E-state index contributed by atoms with van der Waals surface area (Å²) in [7, 11) is 1.68. The van der Waals surface area contributed by atoms with E-state index in [1.807, 2.05) is 19.1 Å². The summed E-state index contributed by atoms with van der Waals surface area (Å²) in [5, 5.41) is 0. The number of hydrogen-bond acceptors (Lipinski definition) is 4. The Morgan fingerprint density at radius 2 is 1.88 bits per heavy atom. The van der Waals surface area contributed by atoms with Gasteiger partial charge in [0.2, 0.25) is 11.8 Å². The van der Waals surface area contributed by atoms with E-state index in [1.165, 1.54) is 0 Å². The van der Waals surface area contributed by atoms with Crippen LogP contribution in [0.25, 0.3) is 0 Å². The molecule has 1 unspecified atom stereocenters. The van der Waals surface area contributed by atoms with E-state index >= 15 is 0 Å². The molecule has 0 saturated carbocycles. The molecule has 1 heterocycles. The summed E-state index contributed by atoms with van der Waals surface area (Å²) >= 11 is 3.33. The van der Waals surface area contributed by atoms with Crippen molar-refractivity contribution in [1.82, 2.24) is 9.97 Å². The lowest BCUT2D eigenvalue weighted by Gasteiger charge is -2.21. The van der Waals surface area contributed by atoms with E-state index in [9.17, 15) is 13.2 Å². The molecule has 0 aliphatic carbocycles. The molecule has 0 aliphatic heterocycles. The van der Waals surface area contributed by atoms with Gasteiger partial charge in [0.25, 0.3) is 0 Å². The van der Waals surface area contributed by atoms with Crippen LogP contribution >= 0.6 is 15.9 Å². The van der Waals surface area contributed by atoms with E-state index in [4.69, 9.17) is 4.74 Å². The second-order valence-electron chi connectivity index (χ2n) is 5.26. The molecule has 24 heavy (non-hydrogen) atoms. The smallest absolute Gasteiger partial charge is 0.423 e. The van der Waals surface area contributed by atoms with Crippen LogP contribution in [0.4, 0.5) is 24.8 Å². The van der Waals surface area contributed by atoms with E-state index in [0.717, 1.165) is 16.4 Å². The lowest BCUT2D eigenvalue weighted by Crippen LogP contribution is -2.19. The minimum atomic E-state index is -4.57. The Labute approximate surface area is 146 Å². The van der Waals surface area contributed by atoms with Gasteiger partial charge in [-0.2, -0.15) is 18.2 Å². The molecule has 2 rings (SSSR count). The summed E-state index contributed by atoms with van der Waals surface area (Å²) in [6.07, 6.45) is -3.63. The molecule has 2 aromatic rings. The molecule has 1 aromatic carbocycles. The maximum Gasteiger partial charge on any atom is 0.423 e. The molecular weight excluding hydrogens is 387 g/mol. The Hall–Kier alpha value is -1.83. The number of benzene rings is 1. The monoisotopic (exact) mass is 403 g/mol. The predicted octanol–water partition coefficient (Wildman–Crippen LogP) is 5.20.